The molecule has 5 nitrogen and oxygen atoms in total. The van der Waals surface area contributed by atoms with Gasteiger partial charge in [-0.05, 0) is 6.42 Å². The number of nitrogens with zero attached hydrogens (tertiary/aromatic N) is 4. The quantitative estimate of drug-likeness (QED) is 0.685. The number of hydrogen-bond donors (Lipinski definition) is 1. The van der Waals surface area contributed by atoms with Crippen molar-refractivity contribution in [2.75, 3.05) is 5.73 Å². The Morgan fingerprint density at radius 1 is 1.31 bits per heavy atom. The highest BCUT2D eigenvalue weighted by molar-refractivity contribution is 5.72. The molecule has 0 fully saturated rings. The summed E-state index contributed by atoms with van der Waals surface area (Å²) >= 11 is 0. The van der Waals surface area contributed by atoms with E-state index in [9.17, 15) is 0 Å². The Morgan fingerprint density at radius 2 is 2.15 bits per heavy atom. The molecule has 5 heteroatoms. The molecule has 0 aliphatic carbocycles. The first-order valence-corrected chi connectivity index (χ1v) is 4.03. The van der Waals surface area contributed by atoms with Crippen LogP contribution in [0.15, 0.2) is 12.5 Å². The highest BCUT2D eigenvalue weighted by atomic mass is 15.0. The summed E-state index contributed by atoms with van der Waals surface area (Å²) in [4.78, 5) is 16.3. The molecule has 2 aromatic heterocycles. The Labute approximate surface area is 75.1 Å². The molecular weight excluding hydrogens is 166 g/mol. The van der Waals surface area contributed by atoms with Crippen molar-refractivity contribution in [3.63, 3.8) is 0 Å². The maximum atomic E-state index is 5.48. The second-order valence-electron chi connectivity index (χ2n) is 2.64. The predicted octanol–water partition coefficient (Wildman–Crippen LogP) is 0.564. The number of aryl methyl sites for hydroxylation is 1. The topological polar surface area (TPSA) is 77.6 Å². The monoisotopic (exact) mass is 175 g/mol. The van der Waals surface area contributed by atoms with Crippen LogP contribution in [0.2, 0.25) is 0 Å². The summed E-state index contributed by atoms with van der Waals surface area (Å²) in [6.07, 6.45) is 3.82. The fourth-order valence-electron chi connectivity index (χ4n) is 1.16. The molecule has 0 bridgehead atoms. The fraction of sp³-hybridized carbons (Fsp3) is 0.250. The predicted molar refractivity (Wildman–Crippen MR) is 48.9 cm³/mol. The van der Waals surface area contributed by atoms with Crippen LogP contribution >= 0.6 is 0 Å². The zero-order valence-electron chi connectivity index (χ0n) is 7.23. The van der Waals surface area contributed by atoms with E-state index in [1.54, 1.807) is 0 Å². The van der Waals surface area contributed by atoms with Gasteiger partial charge in [0.1, 0.15) is 17.7 Å². The van der Waals surface area contributed by atoms with E-state index in [1.165, 1.54) is 12.5 Å². The molecule has 0 spiro atoms. The van der Waals surface area contributed by atoms with E-state index in [-0.39, 0.29) is 0 Å². The van der Waals surface area contributed by atoms with E-state index >= 15 is 0 Å². The van der Waals surface area contributed by atoms with Crippen LogP contribution in [0.4, 0.5) is 5.82 Å². The largest absolute Gasteiger partial charge is 0.382 e. The molecule has 0 unspecified atom stereocenters. The molecule has 0 amide bonds. The van der Waals surface area contributed by atoms with Crippen molar-refractivity contribution in [2.45, 2.75) is 13.3 Å². The normalized spacial score (nSPS) is 10.5. The number of rotatable bonds is 1. The van der Waals surface area contributed by atoms with Crippen LogP contribution in [0.25, 0.3) is 11.2 Å². The third kappa shape index (κ3) is 1.28. The number of fused-ring (bicyclic) bond motifs is 1. The van der Waals surface area contributed by atoms with Crippen LogP contribution in [0, 0.1) is 0 Å². The lowest BCUT2D eigenvalue weighted by Gasteiger charge is -2.00. The van der Waals surface area contributed by atoms with Gasteiger partial charge >= 0.3 is 0 Å². The molecule has 2 aromatic rings. The number of nitrogens with two attached hydrogens (primary N) is 1. The highest BCUT2D eigenvalue weighted by Gasteiger charge is 2.03. The molecule has 0 atom stereocenters. The van der Waals surface area contributed by atoms with Crippen LogP contribution in [-0.2, 0) is 6.42 Å². The first-order valence-electron chi connectivity index (χ1n) is 4.03. The summed E-state index contributed by atoms with van der Waals surface area (Å²) in [6.45, 7) is 2.01. The minimum Gasteiger partial charge on any atom is -0.382 e. The van der Waals surface area contributed by atoms with Gasteiger partial charge in [0, 0.05) is 0 Å². The maximum Gasteiger partial charge on any atom is 0.183 e. The average Bonchev–Trinajstić information content (AvgIpc) is 2.16. The lowest BCUT2D eigenvalue weighted by Crippen LogP contribution is -1.98. The number of hydrogen-bond acceptors (Lipinski definition) is 5. The van der Waals surface area contributed by atoms with Crippen molar-refractivity contribution in [3.8, 4) is 0 Å². The van der Waals surface area contributed by atoms with E-state index in [2.05, 4.69) is 19.9 Å². The van der Waals surface area contributed by atoms with Crippen LogP contribution in [0.3, 0.4) is 0 Å². The molecule has 13 heavy (non-hydrogen) atoms. The molecule has 0 aliphatic rings. The smallest absolute Gasteiger partial charge is 0.183 e. The van der Waals surface area contributed by atoms with Gasteiger partial charge in [0.15, 0.2) is 5.65 Å². The third-order valence-corrected chi connectivity index (χ3v) is 1.77. The van der Waals surface area contributed by atoms with Gasteiger partial charge in [-0.15, -0.1) is 0 Å². The minimum atomic E-state index is 0.383. The summed E-state index contributed by atoms with van der Waals surface area (Å²) in [5.41, 5.74) is 7.68. The Hall–Kier alpha value is -1.78. The van der Waals surface area contributed by atoms with Crippen molar-refractivity contribution in [3.05, 3.63) is 18.2 Å². The van der Waals surface area contributed by atoms with Crippen molar-refractivity contribution >= 4 is 17.0 Å². The average molecular weight is 175 g/mol. The van der Waals surface area contributed by atoms with Gasteiger partial charge in [-0.2, -0.15) is 0 Å². The van der Waals surface area contributed by atoms with Crippen LogP contribution < -0.4 is 5.73 Å². The molecule has 2 rings (SSSR count). The van der Waals surface area contributed by atoms with Crippen LogP contribution in [0.5, 0.6) is 0 Å². The molecular formula is C8H9N5. The number of anilines is 1. The Kier molecular flexibility index (Phi) is 1.77. The lowest BCUT2D eigenvalue weighted by atomic mass is 10.3. The molecule has 0 aliphatic heterocycles. The van der Waals surface area contributed by atoms with E-state index in [1.807, 2.05) is 6.92 Å². The zero-order valence-corrected chi connectivity index (χ0v) is 7.23. The standard InChI is InChI=1S/C8H9N5/c1-2-5-7-8(12-4-11-5)13-6(9)3-10-7/h3-4H,2H2,1H3,(H2,9,11,12,13). The van der Waals surface area contributed by atoms with Crippen molar-refractivity contribution in [2.24, 2.45) is 0 Å². The van der Waals surface area contributed by atoms with E-state index < -0.39 is 0 Å². The molecule has 0 radical (unpaired) electrons. The van der Waals surface area contributed by atoms with Gasteiger partial charge in [-0.25, -0.2) is 19.9 Å². The van der Waals surface area contributed by atoms with Crippen molar-refractivity contribution in [1.82, 2.24) is 19.9 Å². The second kappa shape index (κ2) is 2.93. The SMILES string of the molecule is CCc1ncnc2nc(N)cnc12. The maximum absolute atomic E-state index is 5.48. The first-order chi connectivity index (χ1) is 6.31. The second-order valence-corrected chi connectivity index (χ2v) is 2.64. The van der Waals surface area contributed by atoms with Gasteiger partial charge in [0.25, 0.3) is 0 Å². The Morgan fingerprint density at radius 3 is 2.92 bits per heavy atom. The van der Waals surface area contributed by atoms with Crippen molar-refractivity contribution in [1.29, 1.82) is 0 Å². The van der Waals surface area contributed by atoms with E-state index in [0.29, 0.717) is 11.5 Å². The van der Waals surface area contributed by atoms with Gasteiger partial charge < -0.3 is 5.73 Å². The minimum absolute atomic E-state index is 0.383. The first kappa shape index (κ1) is 7.85. The molecule has 0 saturated carbocycles. The number of nitrogen functional groups attached to an aromatic ring is 1. The van der Waals surface area contributed by atoms with Gasteiger partial charge in [0.05, 0.1) is 11.9 Å². The third-order valence-electron chi connectivity index (χ3n) is 1.77. The fourth-order valence-corrected chi connectivity index (χ4v) is 1.16. The highest BCUT2D eigenvalue weighted by Crippen LogP contribution is 2.10. The Balaban J connectivity index is 2.77. The van der Waals surface area contributed by atoms with Gasteiger partial charge in [0.2, 0.25) is 0 Å². The summed E-state index contributed by atoms with van der Waals surface area (Å²) in [5, 5.41) is 0. The summed E-state index contributed by atoms with van der Waals surface area (Å²) in [5.74, 6) is 0.383. The summed E-state index contributed by atoms with van der Waals surface area (Å²) in [7, 11) is 0. The number of aromatic nitrogens is 4. The summed E-state index contributed by atoms with van der Waals surface area (Å²) in [6, 6.07) is 0. The van der Waals surface area contributed by atoms with E-state index in [4.69, 9.17) is 5.73 Å². The van der Waals surface area contributed by atoms with Crippen LogP contribution in [0.1, 0.15) is 12.6 Å². The van der Waals surface area contributed by atoms with Gasteiger partial charge in [-0.3, -0.25) is 0 Å². The molecule has 0 saturated heterocycles. The van der Waals surface area contributed by atoms with Crippen molar-refractivity contribution < 1.29 is 0 Å². The molecule has 2 heterocycles. The molecule has 0 aromatic carbocycles. The van der Waals surface area contributed by atoms with E-state index in [0.717, 1.165) is 17.6 Å². The molecule has 2 N–H and O–H groups in total. The molecule has 66 valence electrons. The zero-order chi connectivity index (χ0) is 9.26. The van der Waals surface area contributed by atoms with Gasteiger partial charge in [-0.1, -0.05) is 6.92 Å². The summed E-state index contributed by atoms with van der Waals surface area (Å²) < 4.78 is 0. The Bertz CT molecular complexity index is 439. The lowest BCUT2D eigenvalue weighted by molar-refractivity contribution is 1.01. The van der Waals surface area contributed by atoms with Crippen LogP contribution in [-0.4, -0.2) is 19.9 Å².